The Hall–Kier alpha value is -1.35. The molecule has 1 aromatic carbocycles. The predicted octanol–water partition coefficient (Wildman–Crippen LogP) is 1.65. The van der Waals surface area contributed by atoms with E-state index >= 15 is 0 Å². The fourth-order valence-corrected chi connectivity index (χ4v) is 2.02. The van der Waals surface area contributed by atoms with Crippen LogP contribution in [-0.4, -0.2) is 19.1 Å². The molecular weight excluding hydrogens is 190 g/mol. The Bertz CT molecular complexity index is 337. The van der Waals surface area contributed by atoms with E-state index in [2.05, 4.69) is 17.4 Å². The number of nitrogens with one attached hydrogen (secondary N) is 1. The van der Waals surface area contributed by atoms with Gasteiger partial charge in [0.15, 0.2) is 0 Å². The van der Waals surface area contributed by atoms with Gasteiger partial charge in [-0.3, -0.25) is 10.1 Å². The molecule has 1 aliphatic heterocycles. The van der Waals surface area contributed by atoms with Crippen LogP contribution in [0.25, 0.3) is 0 Å². The molecule has 0 spiro atoms. The maximum Gasteiger partial charge on any atom is 0.322 e. The van der Waals surface area contributed by atoms with Crippen LogP contribution in [0.3, 0.4) is 0 Å². The molecule has 1 saturated heterocycles. The number of carbonyl (C=O) groups excluding carboxylic acids is 1. The highest BCUT2D eigenvalue weighted by atomic mass is 16.5. The zero-order valence-corrected chi connectivity index (χ0v) is 8.77. The summed E-state index contributed by atoms with van der Waals surface area (Å²) in [6, 6.07) is 10.3. The van der Waals surface area contributed by atoms with Crippen LogP contribution < -0.4 is 5.32 Å². The lowest BCUT2D eigenvalue weighted by molar-refractivity contribution is -0.142. The Morgan fingerprint density at radius 3 is 2.73 bits per heavy atom. The SMILES string of the molecule is COC(=O)[C@H]1CC[C@@H](c2ccccc2)N1. The zero-order chi connectivity index (χ0) is 10.7. The molecule has 15 heavy (non-hydrogen) atoms. The number of carbonyl (C=O) groups is 1. The van der Waals surface area contributed by atoms with Crippen LogP contribution in [0, 0.1) is 0 Å². The molecular formula is C12H15NO2. The number of rotatable bonds is 2. The summed E-state index contributed by atoms with van der Waals surface area (Å²) in [6.07, 6.45) is 1.84. The van der Waals surface area contributed by atoms with E-state index in [0.717, 1.165) is 12.8 Å². The van der Waals surface area contributed by atoms with Crippen LogP contribution in [0.1, 0.15) is 24.4 Å². The molecule has 0 radical (unpaired) electrons. The van der Waals surface area contributed by atoms with Crippen LogP contribution in [-0.2, 0) is 9.53 Å². The molecule has 2 atom stereocenters. The van der Waals surface area contributed by atoms with E-state index in [1.165, 1.54) is 12.7 Å². The Balaban J connectivity index is 2.02. The first-order chi connectivity index (χ1) is 7.31. The summed E-state index contributed by atoms with van der Waals surface area (Å²) in [5.41, 5.74) is 1.24. The third kappa shape index (κ3) is 2.18. The lowest BCUT2D eigenvalue weighted by Gasteiger charge is -2.12. The summed E-state index contributed by atoms with van der Waals surface area (Å²) in [5, 5.41) is 3.28. The van der Waals surface area contributed by atoms with Crippen LogP contribution >= 0.6 is 0 Å². The lowest BCUT2D eigenvalue weighted by atomic mass is 10.1. The fraction of sp³-hybridized carbons (Fsp3) is 0.417. The van der Waals surface area contributed by atoms with Crippen LogP contribution in [0.5, 0.6) is 0 Å². The van der Waals surface area contributed by atoms with E-state index in [4.69, 9.17) is 4.74 Å². The summed E-state index contributed by atoms with van der Waals surface area (Å²) >= 11 is 0. The molecule has 1 N–H and O–H groups in total. The van der Waals surface area contributed by atoms with E-state index in [0.29, 0.717) is 0 Å². The fourth-order valence-electron chi connectivity index (χ4n) is 2.02. The van der Waals surface area contributed by atoms with Crippen molar-refractivity contribution in [1.29, 1.82) is 0 Å². The van der Waals surface area contributed by atoms with Gasteiger partial charge in [-0.15, -0.1) is 0 Å². The highest BCUT2D eigenvalue weighted by molar-refractivity contribution is 5.76. The minimum absolute atomic E-state index is 0.139. The van der Waals surface area contributed by atoms with Gasteiger partial charge in [-0.2, -0.15) is 0 Å². The average molecular weight is 205 g/mol. The standard InChI is InChI=1S/C12H15NO2/c1-15-12(14)11-8-7-10(13-11)9-5-3-2-4-6-9/h2-6,10-11,13H,7-8H2,1H3/t10-,11+/m0/s1. The first-order valence-corrected chi connectivity index (χ1v) is 5.20. The van der Waals surface area contributed by atoms with E-state index < -0.39 is 0 Å². The van der Waals surface area contributed by atoms with Crippen LogP contribution in [0.4, 0.5) is 0 Å². The van der Waals surface area contributed by atoms with Crippen molar-refractivity contribution >= 4 is 5.97 Å². The second kappa shape index (κ2) is 4.45. The molecule has 3 heteroatoms. The van der Waals surface area contributed by atoms with Crippen molar-refractivity contribution in [2.45, 2.75) is 24.9 Å². The van der Waals surface area contributed by atoms with Crippen LogP contribution in [0.2, 0.25) is 0 Å². The van der Waals surface area contributed by atoms with Gasteiger partial charge in [-0.25, -0.2) is 0 Å². The Morgan fingerprint density at radius 2 is 2.07 bits per heavy atom. The lowest BCUT2D eigenvalue weighted by Crippen LogP contribution is -2.33. The summed E-state index contributed by atoms with van der Waals surface area (Å²) in [4.78, 5) is 11.3. The molecule has 0 saturated carbocycles. The van der Waals surface area contributed by atoms with Crippen molar-refractivity contribution < 1.29 is 9.53 Å². The summed E-state index contributed by atoms with van der Waals surface area (Å²) < 4.78 is 4.72. The molecule has 80 valence electrons. The minimum atomic E-state index is -0.159. The normalized spacial score (nSPS) is 25.1. The molecule has 1 heterocycles. The van der Waals surface area contributed by atoms with Gasteiger partial charge in [-0.05, 0) is 18.4 Å². The van der Waals surface area contributed by atoms with Crippen molar-refractivity contribution in [2.24, 2.45) is 0 Å². The summed E-state index contributed by atoms with van der Waals surface area (Å²) in [5.74, 6) is -0.159. The molecule has 3 nitrogen and oxygen atoms in total. The molecule has 0 bridgehead atoms. The third-order valence-electron chi connectivity index (χ3n) is 2.83. The second-order valence-corrected chi connectivity index (χ2v) is 3.78. The molecule has 0 aromatic heterocycles. The minimum Gasteiger partial charge on any atom is -0.468 e. The van der Waals surface area contributed by atoms with E-state index in [9.17, 15) is 4.79 Å². The van der Waals surface area contributed by atoms with Gasteiger partial charge in [0.2, 0.25) is 0 Å². The predicted molar refractivity (Wildman–Crippen MR) is 57.4 cm³/mol. The maximum absolute atomic E-state index is 11.3. The highest BCUT2D eigenvalue weighted by Gasteiger charge is 2.30. The van der Waals surface area contributed by atoms with Crippen LogP contribution in [0.15, 0.2) is 30.3 Å². The Morgan fingerprint density at radius 1 is 1.33 bits per heavy atom. The van der Waals surface area contributed by atoms with E-state index in [1.807, 2.05) is 18.2 Å². The van der Waals surface area contributed by atoms with Crippen molar-refractivity contribution in [3.63, 3.8) is 0 Å². The summed E-state index contributed by atoms with van der Waals surface area (Å²) in [6.45, 7) is 0. The first-order valence-electron chi connectivity index (χ1n) is 5.20. The number of hydrogen-bond donors (Lipinski definition) is 1. The number of hydrogen-bond acceptors (Lipinski definition) is 3. The van der Waals surface area contributed by atoms with E-state index in [-0.39, 0.29) is 18.1 Å². The quantitative estimate of drug-likeness (QED) is 0.746. The maximum atomic E-state index is 11.3. The van der Waals surface area contributed by atoms with Crippen molar-refractivity contribution in [3.05, 3.63) is 35.9 Å². The van der Waals surface area contributed by atoms with Gasteiger partial charge in [0.25, 0.3) is 0 Å². The van der Waals surface area contributed by atoms with E-state index in [1.54, 1.807) is 0 Å². The highest BCUT2D eigenvalue weighted by Crippen LogP contribution is 2.26. The number of benzene rings is 1. The molecule has 0 aliphatic carbocycles. The monoisotopic (exact) mass is 205 g/mol. The molecule has 0 amide bonds. The first kappa shape index (κ1) is 10.2. The van der Waals surface area contributed by atoms with Gasteiger partial charge in [0.05, 0.1) is 7.11 Å². The van der Waals surface area contributed by atoms with Gasteiger partial charge < -0.3 is 4.74 Å². The number of methoxy groups -OCH3 is 1. The van der Waals surface area contributed by atoms with Crippen molar-refractivity contribution in [2.75, 3.05) is 7.11 Å². The third-order valence-corrected chi connectivity index (χ3v) is 2.83. The Kier molecular flexibility index (Phi) is 3.02. The molecule has 1 aliphatic rings. The smallest absolute Gasteiger partial charge is 0.322 e. The van der Waals surface area contributed by atoms with Crippen molar-refractivity contribution in [1.82, 2.24) is 5.32 Å². The molecule has 1 fully saturated rings. The second-order valence-electron chi connectivity index (χ2n) is 3.78. The van der Waals surface area contributed by atoms with Crippen molar-refractivity contribution in [3.8, 4) is 0 Å². The topological polar surface area (TPSA) is 38.3 Å². The van der Waals surface area contributed by atoms with Gasteiger partial charge in [-0.1, -0.05) is 30.3 Å². The largest absolute Gasteiger partial charge is 0.468 e. The van der Waals surface area contributed by atoms with Gasteiger partial charge in [0.1, 0.15) is 6.04 Å². The molecule has 1 aromatic rings. The average Bonchev–Trinajstić information content (AvgIpc) is 2.78. The zero-order valence-electron chi connectivity index (χ0n) is 8.77. The Labute approximate surface area is 89.4 Å². The van der Waals surface area contributed by atoms with Gasteiger partial charge >= 0.3 is 5.97 Å². The van der Waals surface area contributed by atoms with Gasteiger partial charge in [0, 0.05) is 6.04 Å². The summed E-state index contributed by atoms with van der Waals surface area (Å²) in [7, 11) is 1.43. The molecule has 2 rings (SSSR count). The molecule has 0 unspecified atom stereocenters. The number of esters is 1. The number of ether oxygens (including phenoxy) is 1.